The number of halogens is 1. The molecule has 4 heteroatoms. The SMILES string of the molecule is O=C1CC2(c3ccc(Cl)nc3)CCC1N2. The summed E-state index contributed by atoms with van der Waals surface area (Å²) in [6.45, 7) is 0. The summed E-state index contributed by atoms with van der Waals surface area (Å²) in [6, 6.07) is 3.81. The van der Waals surface area contributed by atoms with Crippen molar-refractivity contribution < 1.29 is 4.79 Å². The van der Waals surface area contributed by atoms with Crippen LogP contribution in [0.2, 0.25) is 5.15 Å². The minimum absolute atomic E-state index is 0.0701. The summed E-state index contributed by atoms with van der Waals surface area (Å²) in [5, 5.41) is 3.89. The lowest BCUT2D eigenvalue weighted by Gasteiger charge is -2.25. The summed E-state index contributed by atoms with van der Waals surface area (Å²) in [4.78, 5) is 15.6. The summed E-state index contributed by atoms with van der Waals surface area (Å²) in [5.41, 5.74) is 0.930. The summed E-state index contributed by atoms with van der Waals surface area (Å²) in [7, 11) is 0. The number of nitrogens with zero attached hydrogens (tertiary/aromatic N) is 1. The van der Waals surface area contributed by atoms with Crippen LogP contribution < -0.4 is 5.32 Å². The van der Waals surface area contributed by atoms with Gasteiger partial charge in [0.1, 0.15) is 5.15 Å². The number of rotatable bonds is 1. The number of carbonyl (C=O) groups is 1. The Morgan fingerprint density at radius 1 is 1.53 bits per heavy atom. The maximum Gasteiger partial charge on any atom is 0.151 e. The summed E-state index contributed by atoms with van der Waals surface area (Å²) in [6.07, 6.45) is 4.34. The Balaban J connectivity index is 2.00. The molecule has 1 aromatic heterocycles. The minimum Gasteiger partial charge on any atom is -0.298 e. The Hall–Kier alpha value is -0.930. The van der Waals surface area contributed by atoms with Crippen molar-refractivity contribution >= 4 is 17.4 Å². The Morgan fingerprint density at radius 3 is 2.93 bits per heavy atom. The number of carbonyl (C=O) groups excluding carboxylic acids is 1. The van der Waals surface area contributed by atoms with Gasteiger partial charge >= 0.3 is 0 Å². The average molecular weight is 223 g/mol. The molecule has 78 valence electrons. The van der Waals surface area contributed by atoms with E-state index in [1.165, 1.54) is 0 Å². The van der Waals surface area contributed by atoms with Gasteiger partial charge in [-0.15, -0.1) is 0 Å². The highest BCUT2D eigenvalue weighted by Gasteiger charge is 2.50. The van der Waals surface area contributed by atoms with Gasteiger partial charge in [0.2, 0.25) is 0 Å². The third-order valence-electron chi connectivity index (χ3n) is 3.45. The lowest BCUT2D eigenvalue weighted by atomic mass is 9.82. The van der Waals surface area contributed by atoms with Crippen molar-refractivity contribution in [1.29, 1.82) is 0 Å². The van der Waals surface area contributed by atoms with Crippen LogP contribution in [0.3, 0.4) is 0 Å². The zero-order chi connectivity index (χ0) is 10.5. The van der Waals surface area contributed by atoms with Crippen LogP contribution in [0, 0.1) is 0 Å². The molecule has 2 aliphatic heterocycles. The first-order valence-corrected chi connectivity index (χ1v) is 5.50. The molecule has 0 amide bonds. The van der Waals surface area contributed by atoms with E-state index in [0.29, 0.717) is 17.4 Å². The lowest BCUT2D eigenvalue weighted by Crippen LogP contribution is -2.33. The quantitative estimate of drug-likeness (QED) is 0.735. The molecular weight excluding hydrogens is 212 g/mol. The van der Waals surface area contributed by atoms with Crippen LogP contribution in [-0.4, -0.2) is 16.8 Å². The van der Waals surface area contributed by atoms with E-state index in [1.54, 1.807) is 12.3 Å². The van der Waals surface area contributed by atoms with E-state index in [9.17, 15) is 4.79 Å². The van der Waals surface area contributed by atoms with Crippen molar-refractivity contribution in [3.8, 4) is 0 Å². The fourth-order valence-electron chi connectivity index (χ4n) is 2.66. The van der Waals surface area contributed by atoms with Crippen LogP contribution in [0.25, 0.3) is 0 Å². The fourth-order valence-corrected chi connectivity index (χ4v) is 2.77. The molecule has 0 aromatic carbocycles. The topological polar surface area (TPSA) is 42.0 Å². The number of hydrogen-bond acceptors (Lipinski definition) is 3. The Labute approximate surface area is 92.8 Å². The van der Waals surface area contributed by atoms with Crippen LogP contribution in [0.1, 0.15) is 24.8 Å². The predicted molar refractivity (Wildman–Crippen MR) is 56.7 cm³/mol. The molecule has 2 atom stereocenters. The second-order valence-corrected chi connectivity index (χ2v) is 4.72. The molecule has 1 N–H and O–H groups in total. The van der Waals surface area contributed by atoms with Gasteiger partial charge in [0.05, 0.1) is 11.6 Å². The molecule has 2 unspecified atom stereocenters. The molecule has 3 rings (SSSR count). The summed E-state index contributed by atoms with van der Waals surface area (Å²) >= 11 is 5.75. The van der Waals surface area contributed by atoms with E-state index in [4.69, 9.17) is 11.6 Å². The molecule has 0 radical (unpaired) electrons. The van der Waals surface area contributed by atoms with Gasteiger partial charge in [0.15, 0.2) is 5.78 Å². The minimum atomic E-state index is -0.153. The van der Waals surface area contributed by atoms with Gasteiger partial charge in [-0.1, -0.05) is 17.7 Å². The molecule has 1 aromatic rings. The number of fused-ring (bicyclic) bond motifs is 2. The van der Waals surface area contributed by atoms with Crippen molar-refractivity contribution in [2.45, 2.75) is 30.8 Å². The van der Waals surface area contributed by atoms with Crippen LogP contribution in [-0.2, 0) is 10.3 Å². The van der Waals surface area contributed by atoms with Gasteiger partial charge in [-0.3, -0.25) is 10.1 Å². The van der Waals surface area contributed by atoms with Gasteiger partial charge in [-0.05, 0) is 24.5 Å². The summed E-state index contributed by atoms with van der Waals surface area (Å²) < 4.78 is 0. The van der Waals surface area contributed by atoms with Crippen molar-refractivity contribution in [2.75, 3.05) is 0 Å². The van der Waals surface area contributed by atoms with E-state index in [-0.39, 0.29) is 11.6 Å². The van der Waals surface area contributed by atoms with Gasteiger partial charge in [0.25, 0.3) is 0 Å². The first kappa shape index (κ1) is 9.31. The van der Waals surface area contributed by atoms with Crippen molar-refractivity contribution in [2.24, 2.45) is 0 Å². The highest BCUT2D eigenvalue weighted by Crippen LogP contribution is 2.42. The average Bonchev–Trinajstić information content (AvgIpc) is 2.76. The largest absolute Gasteiger partial charge is 0.298 e. The maximum atomic E-state index is 11.6. The molecule has 15 heavy (non-hydrogen) atoms. The van der Waals surface area contributed by atoms with Crippen molar-refractivity contribution in [3.05, 3.63) is 29.0 Å². The highest BCUT2D eigenvalue weighted by molar-refractivity contribution is 6.29. The maximum absolute atomic E-state index is 11.6. The zero-order valence-corrected chi connectivity index (χ0v) is 8.92. The molecular formula is C11H11ClN2O. The lowest BCUT2D eigenvalue weighted by molar-refractivity contribution is -0.119. The van der Waals surface area contributed by atoms with E-state index in [2.05, 4.69) is 10.3 Å². The third-order valence-corrected chi connectivity index (χ3v) is 3.68. The molecule has 2 bridgehead atoms. The fraction of sp³-hybridized carbons (Fsp3) is 0.455. The van der Waals surface area contributed by atoms with Gasteiger partial charge in [-0.2, -0.15) is 0 Å². The van der Waals surface area contributed by atoms with Crippen LogP contribution in [0.4, 0.5) is 0 Å². The molecule has 3 heterocycles. The van der Waals surface area contributed by atoms with Crippen LogP contribution in [0.5, 0.6) is 0 Å². The van der Waals surface area contributed by atoms with E-state index < -0.39 is 0 Å². The standard InChI is InChI=1S/C11H11ClN2O/c12-10-2-1-7(6-13-10)11-4-3-8(14-11)9(15)5-11/h1-2,6,8,14H,3-5H2. The van der Waals surface area contributed by atoms with E-state index in [0.717, 1.165) is 18.4 Å². The monoisotopic (exact) mass is 222 g/mol. The molecule has 2 fully saturated rings. The smallest absolute Gasteiger partial charge is 0.151 e. The Bertz CT molecular complexity index is 417. The molecule has 2 saturated heterocycles. The third kappa shape index (κ3) is 1.30. The Kier molecular flexibility index (Phi) is 1.88. The first-order chi connectivity index (χ1) is 7.20. The number of ketones is 1. The first-order valence-electron chi connectivity index (χ1n) is 5.12. The second kappa shape index (κ2) is 3.03. The number of nitrogens with one attached hydrogen (secondary N) is 1. The van der Waals surface area contributed by atoms with Gasteiger partial charge < -0.3 is 0 Å². The second-order valence-electron chi connectivity index (χ2n) is 4.33. The van der Waals surface area contributed by atoms with Crippen LogP contribution >= 0.6 is 11.6 Å². The highest BCUT2D eigenvalue weighted by atomic mass is 35.5. The van der Waals surface area contributed by atoms with E-state index >= 15 is 0 Å². The van der Waals surface area contributed by atoms with Gasteiger partial charge in [-0.25, -0.2) is 4.98 Å². The van der Waals surface area contributed by atoms with Crippen molar-refractivity contribution in [1.82, 2.24) is 10.3 Å². The number of pyridine rings is 1. The Morgan fingerprint density at radius 2 is 2.40 bits per heavy atom. The summed E-state index contributed by atoms with van der Waals surface area (Å²) in [5.74, 6) is 0.330. The van der Waals surface area contributed by atoms with E-state index in [1.807, 2.05) is 6.07 Å². The number of aromatic nitrogens is 1. The molecule has 0 saturated carbocycles. The number of Topliss-reactive ketones (excluding diaryl/α,β-unsaturated/α-hetero) is 1. The zero-order valence-electron chi connectivity index (χ0n) is 8.16. The normalized spacial score (nSPS) is 33.7. The van der Waals surface area contributed by atoms with Crippen molar-refractivity contribution in [3.63, 3.8) is 0 Å². The van der Waals surface area contributed by atoms with Gasteiger partial charge in [0, 0.05) is 12.6 Å². The predicted octanol–water partition coefficient (Wildman–Crippen LogP) is 1.66. The molecule has 0 aliphatic carbocycles. The van der Waals surface area contributed by atoms with Crippen LogP contribution in [0.15, 0.2) is 18.3 Å². The number of hydrogen-bond donors (Lipinski definition) is 1. The molecule has 3 nitrogen and oxygen atoms in total. The molecule has 0 spiro atoms. The molecule has 2 aliphatic rings.